The van der Waals surface area contributed by atoms with Crippen LogP contribution in [0.4, 0.5) is 0 Å². The first-order valence-electron chi connectivity index (χ1n) is 3.72. The maximum Gasteiger partial charge on any atom is 0.231 e. The van der Waals surface area contributed by atoms with Gasteiger partial charge in [0.15, 0.2) is 5.55 Å². The highest BCUT2D eigenvalue weighted by atomic mass is 32.2. The van der Waals surface area contributed by atoms with Gasteiger partial charge >= 0.3 is 0 Å². The van der Waals surface area contributed by atoms with E-state index in [-0.39, 0.29) is 6.04 Å². The predicted molar refractivity (Wildman–Crippen MR) is 48.2 cm³/mol. The number of nitrogens with one attached hydrogen (secondary N) is 2. The molecule has 2 rings (SSSR count). The van der Waals surface area contributed by atoms with E-state index in [0.29, 0.717) is 12.5 Å². The lowest BCUT2D eigenvalue weighted by atomic mass is 10.3. The van der Waals surface area contributed by atoms with Crippen LogP contribution in [0.1, 0.15) is 0 Å². The van der Waals surface area contributed by atoms with Gasteiger partial charge in [-0.25, -0.2) is 0 Å². The minimum atomic E-state index is 0.0871. The van der Waals surface area contributed by atoms with Crippen molar-refractivity contribution in [3.63, 3.8) is 0 Å². The smallest absolute Gasteiger partial charge is 0.231 e. The summed E-state index contributed by atoms with van der Waals surface area (Å²) < 4.78 is 5.34. The Balaban J connectivity index is 1.98. The summed E-state index contributed by atoms with van der Waals surface area (Å²) >= 11 is 1.53. The van der Waals surface area contributed by atoms with Crippen LogP contribution in [0.5, 0.6) is 0 Å². The van der Waals surface area contributed by atoms with E-state index in [1.165, 1.54) is 11.8 Å². The van der Waals surface area contributed by atoms with Crippen molar-refractivity contribution in [2.75, 3.05) is 18.9 Å². The van der Waals surface area contributed by atoms with Gasteiger partial charge in [-0.15, -0.1) is 5.10 Å². The zero-order chi connectivity index (χ0) is 8.23. The van der Waals surface area contributed by atoms with Crippen LogP contribution in [-0.2, 0) is 4.74 Å². The van der Waals surface area contributed by atoms with Crippen LogP contribution in [0.25, 0.3) is 0 Å². The minimum absolute atomic E-state index is 0.0871. The lowest BCUT2D eigenvalue weighted by Gasteiger charge is -2.22. The van der Waals surface area contributed by atoms with Crippen molar-refractivity contribution >= 4 is 23.2 Å². The van der Waals surface area contributed by atoms with Crippen LogP contribution >= 0.6 is 11.8 Å². The summed E-state index contributed by atoms with van der Waals surface area (Å²) in [5.74, 6) is 1.56. The molecular weight excluding hydrogens is 176 g/mol. The number of hydrazone groups is 2. The Labute approximate surface area is 74.6 Å². The highest BCUT2D eigenvalue weighted by Gasteiger charge is 2.21. The summed E-state index contributed by atoms with van der Waals surface area (Å²) in [5, 5.41) is 7.84. The molecule has 0 fully saturated rings. The summed E-state index contributed by atoms with van der Waals surface area (Å²) in [6.45, 7) is 1.45. The summed E-state index contributed by atoms with van der Waals surface area (Å²) in [4.78, 5) is 0. The second-order valence-electron chi connectivity index (χ2n) is 2.40. The zero-order valence-electron chi connectivity index (χ0n) is 6.41. The topological polar surface area (TPSA) is 58.0 Å². The number of hydrogen-bond acceptors (Lipinski definition) is 6. The Kier molecular flexibility index (Phi) is 2.36. The molecule has 2 N–H and O–H groups in total. The second kappa shape index (κ2) is 3.66. The van der Waals surface area contributed by atoms with E-state index in [0.717, 1.165) is 12.3 Å². The van der Waals surface area contributed by atoms with Gasteiger partial charge in [0, 0.05) is 5.75 Å². The molecule has 65 valence electrons. The van der Waals surface area contributed by atoms with Crippen molar-refractivity contribution in [1.82, 2.24) is 10.9 Å². The molecule has 12 heavy (non-hydrogen) atoms. The highest BCUT2D eigenvalue weighted by Crippen LogP contribution is 2.07. The predicted octanol–water partition coefficient (Wildman–Crippen LogP) is -0.555. The van der Waals surface area contributed by atoms with Gasteiger partial charge in [0.1, 0.15) is 12.6 Å². The van der Waals surface area contributed by atoms with Crippen molar-refractivity contribution in [2.45, 2.75) is 6.04 Å². The fraction of sp³-hybridized carbons (Fsp3) is 0.667. The van der Waals surface area contributed by atoms with Gasteiger partial charge in [-0.3, -0.25) is 5.43 Å². The third-order valence-corrected chi connectivity index (χ3v) is 2.25. The zero-order valence-corrected chi connectivity index (χ0v) is 7.23. The molecule has 0 spiro atoms. The van der Waals surface area contributed by atoms with Crippen LogP contribution in [0, 0.1) is 0 Å². The monoisotopic (exact) mass is 185 g/mol. The van der Waals surface area contributed by atoms with E-state index in [1.54, 1.807) is 0 Å². The molecule has 5 nitrogen and oxygen atoms in total. The van der Waals surface area contributed by atoms with Crippen LogP contribution < -0.4 is 10.9 Å². The van der Waals surface area contributed by atoms with Gasteiger partial charge in [0.05, 0.1) is 6.54 Å². The van der Waals surface area contributed by atoms with Crippen molar-refractivity contribution in [3.8, 4) is 0 Å². The molecule has 0 aromatic rings. The van der Waals surface area contributed by atoms with Crippen molar-refractivity contribution in [2.24, 2.45) is 10.2 Å². The van der Waals surface area contributed by atoms with E-state index in [2.05, 4.69) is 26.6 Å². The SMILES string of the molecule is [C]1=NNC(C2=NNCCO2)CS1. The average molecular weight is 185 g/mol. The summed E-state index contributed by atoms with van der Waals surface area (Å²) in [6, 6.07) is 0.0871. The fourth-order valence-corrected chi connectivity index (χ4v) is 1.54. The third kappa shape index (κ3) is 1.63. The third-order valence-electron chi connectivity index (χ3n) is 1.53. The highest BCUT2D eigenvalue weighted by molar-refractivity contribution is 8.12. The Morgan fingerprint density at radius 2 is 2.67 bits per heavy atom. The van der Waals surface area contributed by atoms with E-state index < -0.39 is 0 Å². The largest absolute Gasteiger partial charge is 0.476 e. The van der Waals surface area contributed by atoms with Crippen molar-refractivity contribution in [3.05, 3.63) is 0 Å². The van der Waals surface area contributed by atoms with Gasteiger partial charge in [0.2, 0.25) is 5.90 Å². The molecule has 2 aliphatic heterocycles. The normalized spacial score (nSPS) is 28.0. The first kappa shape index (κ1) is 7.72. The van der Waals surface area contributed by atoms with E-state index in [4.69, 9.17) is 4.74 Å². The van der Waals surface area contributed by atoms with Crippen molar-refractivity contribution in [1.29, 1.82) is 0 Å². The first-order valence-corrected chi connectivity index (χ1v) is 4.70. The Bertz CT molecular complexity index is 218. The lowest BCUT2D eigenvalue weighted by molar-refractivity contribution is 0.261. The maximum atomic E-state index is 5.34. The minimum Gasteiger partial charge on any atom is -0.476 e. The number of rotatable bonds is 1. The van der Waals surface area contributed by atoms with Gasteiger partial charge in [-0.05, 0) is 0 Å². The summed E-state index contributed by atoms with van der Waals surface area (Å²) in [6.07, 6.45) is 0. The second-order valence-corrected chi connectivity index (χ2v) is 3.21. The summed E-state index contributed by atoms with van der Waals surface area (Å²) in [5.41, 5.74) is 8.52. The quantitative estimate of drug-likeness (QED) is 0.575. The summed E-state index contributed by atoms with van der Waals surface area (Å²) in [7, 11) is 0. The lowest BCUT2D eigenvalue weighted by Crippen LogP contribution is -2.43. The molecule has 0 aromatic carbocycles. The van der Waals surface area contributed by atoms with Gasteiger partial charge in [-0.1, -0.05) is 11.8 Å². The number of nitrogens with zero attached hydrogens (tertiary/aromatic N) is 2. The molecule has 1 radical (unpaired) electrons. The molecule has 0 bridgehead atoms. The molecular formula is C6H9N4OS. The molecule has 0 aliphatic carbocycles. The number of hydrogen-bond donors (Lipinski definition) is 2. The molecule has 0 amide bonds. The average Bonchev–Trinajstić information content (AvgIpc) is 2.21. The van der Waals surface area contributed by atoms with Crippen LogP contribution in [0.2, 0.25) is 0 Å². The van der Waals surface area contributed by atoms with E-state index in [9.17, 15) is 0 Å². The Morgan fingerprint density at radius 1 is 1.67 bits per heavy atom. The molecule has 0 aromatic heterocycles. The molecule has 0 saturated heterocycles. The molecule has 2 heterocycles. The van der Waals surface area contributed by atoms with Crippen LogP contribution in [0.15, 0.2) is 10.2 Å². The Morgan fingerprint density at radius 3 is 3.33 bits per heavy atom. The fourth-order valence-electron chi connectivity index (χ4n) is 0.967. The molecule has 0 saturated carbocycles. The molecule has 1 unspecified atom stereocenters. The van der Waals surface area contributed by atoms with E-state index in [1.807, 2.05) is 0 Å². The number of thioether (sulfide) groups is 1. The van der Waals surface area contributed by atoms with Crippen molar-refractivity contribution < 1.29 is 4.74 Å². The van der Waals surface area contributed by atoms with Gasteiger partial charge < -0.3 is 10.2 Å². The molecule has 6 heteroatoms. The van der Waals surface area contributed by atoms with Gasteiger partial charge in [0.25, 0.3) is 0 Å². The number of ether oxygens (including phenoxy) is 1. The Hall–Kier alpha value is -0.910. The molecule has 2 aliphatic rings. The standard InChI is InChI=1S/C6H9N4OS/c1-2-11-6(10-7-1)5-3-12-4-8-9-5/h5,7,9H,1-3H2. The van der Waals surface area contributed by atoms with Crippen LogP contribution in [-0.4, -0.2) is 36.4 Å². The first-order chi connectivity index (χ1) is 5.97. The van der Waals surface area contributed by atoms with Crippen LogP contribution in [0.3, 0.4) is 0 Å². The van der Waals surface area contributed by atoms with E-state index >= 15 is 0 Å². The van der Waals surface area contributed by atoms with Gasteiger partial charge in [-0.2, -0.15) is 5.10 Å². The maximum absolute atomic E-state index is 5.34. The molecule has 1 atom stereocenters.